The minimum atomic E-state index is -0.785. The smallest absolute Gasteiger partial charge is 0.257 e. The van der Waals surface area contributed by atoms with Gasteiger partial charge in [-0.15, -0.1) is 0 Å². The Morgan fingerprint density at radius 3 is 2.52 bits per heavy atom. The Morgan fingerprint density at radius 2 is 1.83 bits per heavy atom. The molecule has 0 radical (unpaired) electrons. The summed E-state index contributed by atoms with van der Waals surface area (Å²) < 4.78 is 0. The highest BCUT2D eigenvalue weighted by molar-refractivity contribution is 6.10. The highest BCUT2D eigenvalue weighted by Crippen LogP contribution is 2.43. The van der Waals surface area contributed by atoms with Gasteiger partial charge in [-0.05, 0) is 46.2 Å². The van der Waals surface area contributed by atoms with Crippen LogP contribution in [0.15, 0.2) is 24.3 Å². The highest BCUT2D eigenvalue weighted by atomic mass is 16.2. The van der Waals surface area contributed by atoms with Gasteiger partial charge in [0.15, 0.2) is 0 Å². The number of carbonyl (C=O) groups excluding carboxylic acids is 4. The highest BCUT2D eigenvalue weighted by Gasteiger charge is 2.52. The van der Waals surface area contributed by atoms with Gasteiger partial charge < -0.3 is 15.5 Å². The first kappa shape index (κ1) is 20.8. The third-order valence-electron chi connectivity index (χ3n) is 5.27. The summed E-state index contributed by atoms with van der Waals surface area (Å²) in [5.41, 5.74) is -0.0678. The van der Waals surface area contributed by atoms with Gasteiger partial charge >= 0.3 is 0 Å². The third kappa shape index (κ3) is 4.11. The molecule has 2 N–H and O–H groups in total. The number of hydrogen-bond acceptors (Lipinski definition) is 4. The molecule has 3 rings (SSSR count). The fourth-order valence-electron chi connectivity index (χ4n) is 3.98. The zero-order valence-corrected chi connectivity index (χ0v) is 17.4. The van der Waals surface area contributed by atoms with Gasteiger partial charge in [0.25, 0.3) is 5.91 Å². The number of anilines is 1. The van der Waals surface area contributed by atoms with Crippen molar-refractivity contribution in [3.05, 3.63) is 29.8 Å². The quantitative estimate of drug-likeness (QED) is 0.781. The lowest BCUT2D eigenvalue weighted by molar-refractivity contribution is -0.127. The van der Waals surface area contributed by atoms with E-state index in [4.69, 9.17) is 0 Å². The van der Waals surface area contributed by atoms with E-state index < -0.39 is 5.66 Å². The topological polar surface area (TPSA) is 98.8 Å². The fourth-order valence-corrected chi connectivity index (χ4v) is 3.98. The van der Waals surface area contributed by atoms with E-state index in [-0.39, 0.29) is 48.7 Å². The van der Waals surface area contributed by atoms with Crippen LogP contribution in [0.4, 0.5) is 5.69 Å². The predicted octanol–water partition coefficient (Wildman–Crippen LogP) is 1.41. The van der Waals surface area contributed by atoms with Gasteiger partial charge in [-0.25, -0.2) is 0 Å². The second-order valence-electron chi connectivity index (χ2n) is 8.74. The van der Waals surface area contributed by atoms with Crippen LogP contribution >= 0.6 is 0 Å². The van der Waals surface area contributed by atoms with E-state index >= 15 is 0 Å². The van der Waals surface area contributed by atoms with Crippen LogP contribution in [0, 0.1) is 0 Å². The summed E-state index contributed by atoms with van der Waals surface area (Å²) in [6, 6.07) is 7.06. The van der Waals surface area contributed by atoms with Crippen molar-refractivity contribution in [2.75, 3.05) is 18.0 Å². The molecule has 1 atom stereocenters. The van der Waals surface area contributed by atoms with Crippen molar-refractivity contribution in [1.82, 2.24) is 15.5 Å². The molecule has 2 heterocycles. The summed E-state index contributed by atoms with van der Waals surface area (Å²) in [4.78, 5) is 53.0. The first-order chi connectivity index (χ1) is 13.5. The summed E-state index contributed by atoms with van der Waals surface area (Å²) in [5.74, 6) is -0.804. The predicted molar refractivity (Wildman–Crippen MR) is 108 cm³/mol. The van der Waals surface area contributed by atoms with Crippen molar-refractivity contribution in [2.45, 2.75) is 58.2 Å². The molecule has 0 saturated carbocycles. The normalized spacial score (nSPS) is 21.0. The minimum Gasteiger partial charge on any atom is -0.350 e. The molecule has 156 valence electrons. The van der Waals surface area contributed by atoms with Gasteiger partial charge in [0.1, 0.15) is 5.66 Å². The molecule has 0 aromatic heterocycles. The third-order valence-corrected chi connectivity index (χ3v) is 5.27. The number of rotatable bonds is 5. The molecule has 0 aliphatic carbocycles. The van der Waals surface area contributed by atoms with Gasteiger partial charge in [-0.1, -0.05) is 12.1 Å². The Balaban J connectivity index is 1.68. The number of nitrogens with zero attached hydrogens (tertiary/aromatic N) is 2. The number of benzene rings is 1. The molecule has 4 amide bonds. The summed E-state index contributed by atoms with van der Waals surface area (Å²) in [5, 5.41) is 5.37. The van der Waals surface area contributed by atoms with E-state index in [0.717, 1.165) is 0 Å². The Kier molecular flexibility index (Phi) is 5.38. The summed E-state index contributed by atoms with van der Waals surface area (Å²) in [6.07, 6.45) is 0.920. The first-order valence-electron chi connectivity index (χ1n) is 9.85. The number of para-hydroxylation sites is 1. The molecular formula is C21H28N4O4. The SMILES string of the molecule is CC(C)(C)NC(=O)CNC(=O)CCN1C(=O)c2ccccc2N2C(=O)CCC12C. The molecular weight excluding hydrogens is 372 g/mol. The van der Waals surface area contributed by atoms with Gasteiger partial charge in [0.2, 0.25) is 17.7 Å². The van der Waals surface area contributed by atoms with E-state index in [1.807, 2.05) is 33.8 Å². The van der Waals surface area contributed by atoms with Gasteiger partial charge in [0, 0.05) is 24.9 Å². The van der Waals surface area contributed by atoms with Crippen molar-refractivity contribution in [1.29, 1.82) is 0 Å². The van der Waals surface area contributed by atoms with E-state index in [1.165, 1.54) is 0 Å². The largest absolute Gasteiger partial charge is 0.350 e. The molecule has 8 heteroatoms. The maximum absolute atomic E-state index is 13.1. The van der Waals surface area contributed by atoms with Crippen molar-refractivity contribution >= 4 is 29.3 Å². The molecule has 1 aromatic rings. The average molecular weight is 400 g/mol. The van der Waals surface area contributed by atoms with E-state index in [0.29, 0.717) is 24.1 Å². The number of fused-ring (bicyclic) bond motifs is 3. The molecule has 1 aromatic carbocycles. The minimum absolute atomic E-state index is 0.0271. The van der Waals surface area contributed by atoms with Crippen molar-refractivity contribution in [3.63, 3.8) is 0 Å². The molecule has 0 spiro atoms. The van der Waals surface area contributed by atoms with E-state index in [2.05, 4.69) is 10.6 Å². The second-order valence-corrected chi connectivity index (χ2v) is 8.74. The Bertz CT molecular complexity index is 860. The molecule has 0 bridgehead atoms. The van der Waals surface area contributed by atoms with E-state index in [1.54, 1.807) is 28.0 Å². The maximum atomic E-state index is 13.1. The van der Waals surface area contributed by atoms with Gasteiger partial charge in [0.05, 0.1) is 17.8 Å². The van der Waals surface area contributed by atoms with Crippen molar-refractivity contribution in [2.24, 2.45) is 0 Å². The number of amides is 4. The Morgan fingerprint density at radius 1 is 1.14 bits per heavy atom. The lowest BCUT2D eigenvalue weighted by Crippen LogP contribution is -2.62. The molecule has 8 nitrogen and oxygen atoms in total. The molecule has 1 unspecified atom stereocenters. The van der Waals surface area contributed by atoms with Crippen LogP contribution in [0.3, 0.4) is 0 Å². The van der Waals surface area contributed by atoms with Crippen LogP contribution in [0.25, 0.3) is 0 Å². The van der Waals surface area contributed by atoms with Gasteiger partial charge in [-0.3, -0.25) is 24.1 Å². The first-order valence-corrected chi connectivity index (χ1v) is 9.85. The Labute approximate surface area is 170 Å². The number of nitrogens with one attached hydrogen (secondary N) is 2. The zero-order valence-electron chi connectivity index (χ0n) is 17.4. The molecule has 2 aliphatic heterocycles. The second kappa shape index (κ2) is 7.50. The van der Waals surface area contributed by atoms with Crippen LogP contribution < -0.4 is 15.5 Å². The lowest BCUT2D eigenvalue weighted by atomic mass is 9.98. The van der Waals surface area contributed by atoms with Crippen LogP contribution in [0.5, 0.6) is 0 Å². The Hall–Kier alpha value is -2.90. The summed E-state index contributed by atoms with van der Waals surface area (Å²) in [7, 11) is 0. The summed E-state index contributed by atoms with van der Waals surface area (Å²) in [6.45, 7) is 7.50. The fraction of sp³-hybridized carbons (Fsp3) is 0.524. The number of hydrogen-bond donors (Lipinski definition) is 2. The van der Waals surface area contributed by atoms with Crippen LogP contribution in [0.2, 0.25) is 0 Å². The molecule has 2 aliphatic rings. The molecule has 1 fully saturated rings. The van der Waals surface area contributed by atoms with Crippen molar-refractivity contribution < 1.29 is 19.2 Å². The maximum Gasteiger partial charge on any atom is 0.257 e. The zero-order chi connectivity index (χ0) is 21.4. The van der Waals surface area contributed by atoms with Gasteiger partial charge in [-0.2, -0.15) is 0 Å². The van der Waals surface area contributed by atoms with Crippen LogP contribution in [-0.4, -0.2) is 52.8 Å². The summed E-state index contributed by atoms with van der Waals surface area (Å²) >= 11 is 0. The molecule has 1 saturated heterocycles. The lowest BCUT2D eigenvalue weighted by Gasteiger charge is -2.48. The average Bonchev–Trinajstić information content (AvgIpc) is 2.94. The standard InChI is InChI=1S/C21H28N4O4/c1-20(2,3)23-17(27)13-22-16(26)10-12-24-19(29)14-7-5-6-8-15(14)25-18(28)9-11-21(24,25)4/h5-8H,9-13H2,1-4H3,(H,22,26)(H,23,27). The monoisotopic (exact) mass is 400 g/mol. The van der Waals surface area contributed by atoms with Crippen LogP contribution in [-0.2, 0) is 14.4 Å². The number of carbonyl (C=O) groups is 4. The molecule has 29 heavy (non-hydrogen) atoms. The van der Waals surface area contributed by atoms with E-state index in [9.17, 15) is 19.2 Å². The van der Waals surface area contributed by atoms with Crippen LogP contribution in [0.1, 0.15) is 57.3 Å². The van der Waals surface area contributed by atoms with Crippen molar-refractivity contribution in [3.8, 4) is 0 Å².